The zero-order chi connectivity index (χ0) is 16.9. The second-order valence-corrected chi connectivity index (χ2v) is 7.69. The maximum absolute atomic E-state index is 12.2. The van der Waals surface area contributed by atoms with E-state index in [2.05, 4.69) is 15.5 Å². The molecule has 0 saturated carbocycles. The Balaban J connectivity index is 1.54. The summed E-state index contributed by atoms with van der Waals surface area (Å²) >= 11 is 14.6. The minimum atomic E-state index is -0.0815. The molecular formula is C15H11Cl2N3O2S2. The van der Waals surface area contributed by atoms with Crippen molar-refractivity contribution in [2.24, 2.45) is 0 Å². The number of hydrogen-bond donors (Lipinski definition) is 1. The Kier molecular flexibility index (Phi) is 5.78. The Hall–Kier alpha value is -1.54. The normalized spacial score (nSPS) is 10.8. The number of benzene rings is 1. The number of nitrogens with zero attached hydrogens (tertiary/aromatic N) is 2. The molecule has 0 aliphatic rings. The number of thioether (sulfide) groups is 1. The highest BCUT2D eigenvalue weighted by atomic mass is 35.5. The second kappa shape index (κ2) is 8.02. The van der Waals surface area contributed by atoms with Gasteiger partial charge in [-0.1, -0.05) is 46.3 Å². The zero-order valence-electron chi connectivity index (χ0n) is 12.2. The fourth-order valence-corrected chi connectivity index (χ4v) is 3.98. The van der Waals surface area contributed by atoms with E-state index in [1.165, 1.54) is 23.1 Å². The van der Waals surface area contributed by atoms with E-state index in [9.17, 15) is 4.79 Å². The Bertz CT molecular complexity index is 837. The highest BCUT2D eigenvalue weighted by Gasteiger charge is 2.13. The number of hydrogen-bond acceptors (Lipinski definition) is 7. The summed E-state index contributed by atoms with van der Waals surface area (Å²) in [6, 6.07) is 8.53. The summed E-state index contributed by atoms with van der Waals surface area (Å²) in [5.74, 6) is 0.961. The Morgan fingerprint density at radius 2 is 2.17 bits per heavy atom. The van der Waals surface area contributed by atoms with Crippen molar-refractivity contribution in [3.05, 3.63) is 58.0 Å². The van der Waals surface area contributed by atoms with Crippen molar-refractivity contribution < 1.29 is 9.21 Å². The van der Waals surface area contributed by atoms with E-state index < -0.39 is 0 Å². The number of ketones is 1. The number of aromatic nitrogens is 2. The van der Waals surface area contributed by atoms with Gasteiger partial charge < -0.3 is 9.73 Å². The fraction of sp³-hybridized carbons (Fsp3) is 0.133. The van der Waals surface area contributed by atoms with E-state index in [4.69, 9.17) is 27.6 Å². The molecule has 3 rings (SSSR count). The molecule has 0 atom stereocenters. The summed E-state index contributed by atoms with van der Waals surface area (Å²) < 4.78 is 5.94. The van der Waals surface area contributed by atoms with E-state index in [1.807, 2.05) is 12.1 Å². The van der Waals surface area contributed by atoms with Crippen LogP contribution in [-0.2, 0) is 6.54 Å². The third-order valence-electron chi connectivity index (χ3n) is 2.96. The van der Waals surface area contributed by atoms with Crippen LogP contribution in [-0.4, -0.2) is 21.7 Å². The number of Topliss-reactive ketones (excluding diaryl/α,β-unsaturated/α-hetero) is 1. The quantitative estimate of drug-likeness (QED) is 0.444. The van der Waals surface area contributed by atoms with Crippen molar-refractivity contribution >= 4 is 57.2 Å². The Labute approximate surface area is 156 Å². The van der Waals surface area contributed by atoms with Crippen LogP contribution in [0.4, 0.5) is 5.13 Å². The van der Waals surface area contributed by atoms with Crippen LogP contribution in [0.15, 0.2) is 45.4 Å². The molecule has 0 saturated heterocycles. The van der Waals surface area contributed by atoms with Crippen LogP contribution >= 0.6 is 46.3 Å². The van der Waals surface area contributed by atoms with Crippen molar-refractivity contribution in [2.45, 2.75) is 10.9 Å². The molecule has 124 valence electrons. The van der Waals surface area contributed by atoms with Crippen molar-refractivity contribution in [1.29, 1.82) is 0 Å². The summed E-state index contributed by atoms with van der Waals surface area (Å²) in [5.41, 5.74) is 0.453. The molecular weight excluding hydrogens is 389 g/mol. The van der Waals surface area contributed by atoms with Crippen LogP contribution in [0.5, 0.6) is 0 Å². The summed E-state index contributed by atoms with van der Waals surface area (Å²) in [7, 11) is 0. The van der Waals surface area contributed by atoms with Gasteiger partial charge in [0.1, 0.15) is 5.76 Å². The standard InChI is InChI=1S/C15H11Cl2N3O2S2/c16-9-3-4-11(12(17)6-9)13(21)8-23-15-20-19-14(24-15)18-7-10-2-1-5-22-10/h1-6H,7-8H2,(H,18,19). The molecule has 2 aromatic heterocycles. The molecule has 1 aromatic carbocycles. The van der Waals surface area contributed by atoms with Gasteiger partial charge >= 0.3 is 0 Å². The van der Waals surface area contributed by atoms with Gasteiger partial charge in [-0.05, 0) is 30.3 Å². The van der Waals surface area contributed by atoms with Crippen LogP contribution in [0.3, 0.4) is 0 Å². The van der Waals surface area contributed by atoms with Gasteiger partial charge in [0.05, 0.1) is 23.6 Å². The van der Waals surface area contributed by atoms with Gasteiger partial charge in [0, 0.05) is 10.6 Å². The minimum absolute atomic E-state index is 0.0815. The summed E-state index contributed by atoms with van der Waals surface area (Å²) in [4.78, 5) is 12.2. The molecule has 0 aliphatic carbocycles. The van der Waals surface area contributed by atoms with Crippen LogP contribution < -0.4 is 5.32 Å². The van der Waals surface area contributed by atoms with Crippen molar-refractivity contribution in [3.63, 3.8) is 0 Å². The van der Waals surface area contributed by atoms with Crippen molar-refractivity contribution in [1.82, 2.24) is 10.2 Å². The average molecular weight is 400 g/mol. The first-order valence-electron chi connectivity index (χ1n) is 6.82. The molecule has 0 radical (unpaired) electrons. The second-order valence-electron chi connectivity index (χ2n) is 4.64. The van der Waals surface area contributed by atoms with E-state index in [-0.39, 0.29) is 11.5 Å². The molecule has 5 nitrogen and oxygen atoms in total. The summed E-state index contributed by atoms with van der Waals surface area (Å²) in [6.07, 6.45) is 1.62. The lowest BCUT2D eigenvalue weighted by Gasteiger charge is -2.02. The van der Waals surface area contributed by atoms with Gasteiger partial charge in [0.25, 0.3) is 0 Å². The van der Waals surface area contributed by atoms with Crippen LogP contribution in [0.1, 0.15) is 16.1 Å². The Morgan fingerprint density at radius 3 is 2.92 bits per heavy atom. The molecule has 0 aliphatic heterocycles. The first-order chi connectivity index (χ1) is 11.6. The fourth-order valence-electron chi connectivity index (χ4n) is 1.84. The molecule has 0 amide bonds. The lowest BCUT2D eigenvalue weighted by atomic mass is 10.1. The first kappa shape index (κ1) is 17.3. The van der Waals surface area contributed by atoms with Crippen LogP contribution in [0.25, 0.3) is 0 Å². The lowest BCUT2D eigenvalue weighted by molar-refractivity contribution is 0.102. The summed E-state index contributed by atoms with van der Waals surface area (Å²) in [6.45, 7) is 0.533. The van der Waals surface area contributed by atoms with Crippen molar-refractivity contribution in [3.8, 4) is 0 Å². The average Bonchev–Trinajstić information content (AvgIpc) is 3.22. The molecule has 0 spiro atoms. The van der Waals surface area contributed by atoms with Gasteiger partial charge in [-0.3, -0.25) is 4.79 Å². The predicted molar refractivity (Wildman–Crippen MR) is 97.5 cm³/mol. The van der Waals surface area contributed by atoms with Crippen molar-refractivity contribution in [2.75, 3.05) is 11.1 Å². The third kappa shape index (κ3) is 4.51. The number of carbonyl (C=O) groups excluding carboxylic acids is 1. The van der Waals surface area contributed by atoms with Gasteiger partial charge in [-0.15, -0.1) is 10.2 Å². The van der Waals surface area contributed by atoms with Gasteiger partial charge in [0.2, 0.25) is 5.13 Å². The highest BCUT2D eigenvalue weighted by Crippen LogP contribution is 2.28. The SMILES string of the molecule is O=C(CSc1nnc(NCc2ccco2)s1)c1ccc(Cl)cc1Cl. The molecule has 0 unspecified atom stereocenters. The number of anilines is 1. The number of carbonyl (C=O) groups is 1. The maximum atomic E-state index is 12.2. The van der Waals surface area contributed by atoms with E-state index in [0.29, 0.717) is 31.6 Å². The number of nitrogens with one attached hydrogen (secondary N) is 1. The lowest BCUT2D eigenvalue weighted by Crippen LogP contribution is -2.03. The maximum Gasteiger partial charge on any atom is 0.206 e. The topological polar surface area (TPSA) is 68.0 Å². The van der Waals surface area contributed by atoms with Gasteiger partial charge in [-0.25, -0.2) is 0 Å². The highest BCUT2D eigenvalue weighted by molar-refractivity contribution is 8.01. The third-order valence-corrected chi connectivity index (χ3v) is 5.52. The van der Waals surface area contributed by atoms with Crippen LogP contribution in [0, 0.1) is 0 Å². The monoisotopic (exact) mass is 399 g/mol. The number of rotatable bonds is 7. The zero-order valence-corrected chi connectivity index (χ0v) is 15.3. The van der Waals surface area contributed by atoms with Crippen LogP contribution in [0.2, 0.25) is 10.0 Å². The molecule has 1 N–H and O–H groups in total. The van der Waals surface area contributed by atoms with E-state index in [0.717, 1.165) is 5.76 Å². The van der Waals surface area contributed by atoms with E-state index >= 15 is 0 Å². The van der Waals surface area contributed by atoms with E-state index in [1.54, 1.807) is 24.5 Å². The molecule has 0 bridgehead atoms. The smallest absolute Gasteiger partial charge is 0.206 e. The van der Waals surface area contributed by atoms with Gasteiger partial charge in [0.15, 0.2) is 10.1 Å². The molecule has 2 heterocycles. The van der Waals surface area contributed by atoms with Gasteiger partial charge in [-0.2, -0.15) is 0 Å². The molecule has 0 fully saturated rings. The minimum Gasteiger partial charge on any atom is -0.467 e. The summed E-state index contributed by atoms with van der Waals surface area (Å²) in [5, 5.41) is 12.7. The Morgan fingerprint density at radius 1 is 1.29 bits per heavy atom. The number of furan rings is 1. The largest absolute Gasteiger partial charge is 0.467 e. The molecule has 24 heavy (non-hydrogen) atoms. The first-order valence-corrected chi connectivity index (χ1v) is 9.38. The molecule has 9 heteroatoms. The number of halogens is 2. The molecule has 3 aromatic rings. The predicted octanol–water partition coefficient (Wildman–Crippen LogP) is 5.03.